The van der Waals surface area contributed by atoms with Gasteiger partial charge in [-0.3, -0.25) is 0 Å². The van der Waals surface area contributed by atoms with Crippen LogP contribution in [-0.4, -0.2) is 15.0 Å². The van der Waals surface area contributed by atoms with Gasteiger partial charge in [0.2, 0.25) is 0 Å². The Hall–Kier alpha value is -4.24. The van der Waals surface area contributed by atoms with Crippen molar-refractivity contribution in [1.29, 1.82) is 0 Å². The van der Waals surface area contributed by atoms with Gasteiger partial charge < -0.3 is 15.0 Å². The minimum absolute atomic E-state index is 0. The van der Waals surface area contributed by atoms with Gasteiger partial charge in [-0.05, 0) is 58.7 Å². The van der Waals surface area contributed by atoms with Gasteiger partial charge in [-0.1, -0.05) is 112 Å². The predicted octanol–water partition coefficient (Wildman–Crippen LogP) is 9.70. The van der Waals surface area contributed by atoms with E-state index in [0.29, 0.717) is 0 Å². The van der Waals surface area contributed by atoms with Gasteiger partial charge in [0.1, 0.15) is 0 Å². The molecule has 0 spiro atoms. The van der Waals surface area contributed by atoms with Crippen LogP contribution in [0.2, 0.25) is 0 Å². The Kier molecular flexibility index (Phi) is 9.06. The Balaban J connectivity index is 0.000000171. The number of rotatable bonds is 3. The zero-order valence-electron chi connectivity index (χ0n) is 26.0. The smallest absolute Gasteiger partial charge is 0.0242 e. The number of benzene rings is 3. The van der Waals surface area contributed by atoms with Crippen molar-refractivity contribution >= 4 is 0 Å². The molecule has 0 amide bonds. The number of hydrogen-bond donors (Lipinski definition) is 0. The minimum atomic E-state index is -0.000268. The Morgan fingerprint density at radius 3 is 2.09 bits per heavy atom. The fourth-order valence-electron chi connectivity index (χ4n) is 5.84. The molecule has 0 aliphatic heterocycles. The molecule has 7 rings (SSSR count). The van der Waals surface area contributed by atoms with E-state index in [2.05, 4.69) is 134 Å². The number of fused-ring (bicyclic) bond motifs is 3. The fourth-order valence-corrected chi connectivity index (χ4v) is 5.84. The van der Waals surface area contributed by atoms with Gasteiger partial charge in [-0.2, -0.15) is 0 Å². The summed E-state index contributed by atoms with van der Waals surface area (Å²) >= 11 is 0. The molecule has 0 fully saturated rings. The molecule has 0 atom stereocenters. The van der Waals surface area contributed by atoms with Crippen LogP contribution in [0.3, 0.4) is 0 Å². The summed E-state index contributed by atoms with van der Waals surface area (Å²) < 4.78 is 0. The molecular weight excluding hydrogens is 715 g/mol. The maximum atomic E-state index is 4.67. The van der Waals surface area contributed by atoms with Crippen LogP contribution < -0.4 is 0 Å². The van der Waals surface area contributed by atoms with Crippen LogP contribution in [0.4, 0.5) is 0 Å². The van der Waals surface area contributed by atoms with Crippen molar-refractivity contribution in [1.82, 2.24) is 15.0 Å². The molecule has 0 saturated heterocycles. The van der Waals surface area contributed by atoms with Crippen LogP contribution in [0.15, 0.2) is 104 Å². The van der Waals surface area contributed by atoms with Crippen molar-refractivity contribution in [2.24, 2.45) is 0 Å². The molecule has 1 radical (unpaired) electrons. The maximum Gasteiger partial charge on any atom is 0.0242 e. The largest absolute Gasteiger partial charge is 0.357 e. The van der Waals surface area contributed by atoms with E-state index in [9.17, 15) is 0 Å². The number of nitrogens with zero attached hydrogens (tertiary/aromatic N) is 3. The summed E-state index contributed by atoms with van der Waals surface area (Å²) in [5, 5.41) is 0. The molecule has 3 nitrogen and oxygen atoms in total. The first-order chi connectivity index (χ1) is 20.7. The number of aromatic nitrogens is 3. The molecule has 0 saturated carbocycles. The van der Waals surface area contributed by atoms with Crippen LogP contribution in [0.25, 0.3) is 44.8 Å². The molecule has 0 bridgehead atoms. The SMILES string of the molecule is Cc1cnc(-c2[c-]cc(C)c(-c3ccccc3)c2)cc1C.Cc1ncc[c-]c1-c1cc2c(cn1)-c1ccccc1C2(C)C.[Ir]. The van der Waals surface area contributed by atoms with E-state index >= 15 is 0 Å². The molecule has 4 heteroatoms. The molecular formula is C40H35IrN3-2. The van der Waals surface area contributed by atoms with Crippen LogP contribution in [0, 0.1) is 39.8 Å². The van der Waals surface area contributed by atoms with Crippen LogP contribution in [0.1, 0.15) is 47.4 Å². The monoisotopic (exact) mass is 750 g/mol. The van der Waals surface area contributed by atoms with Crippen molar-refractivity contribution in [3.05, 3.63) is 149 Å². The molecule has 0 unspecified atom stereocenters. The second-order valence-electron chi connectivity index (χ2n) is 11.8. The van der Waals surface area contributed by atoms with Crippen molar-refractivity contribution in [2.75, 3.05) is 0 Å². The van der Waals surface area contributed by atoms with Crippen molar-refractivity contribution < 1.29 is 20.1 Å². The first-order valence-electron chi connectivity index (χ1n) is 14.7. The maximum absolute atomic E-state index is 4.67. The Morgan fingerprint density at radius 1 is 0.614 bits per heavy atom. The van der Waals surface area contributed by atoms with E-state index in [0.717, 1.165) is 28.2 Å². The molecule has 1 aliphatic rings. The molecule has 1 aliphatic carbocycles. The molecule has 3 heterocycles. The van der Waals surface area contributed by atoms with Gasteiger partial charge in [0, 0.05) is 43.5 Å². The van der Waals surface area contributed by atoms with Crippen LogP contribution in [0.5, 0.6) is 0 Å². The van der Waals surface area contributed by atoms with Gasteiger partial charge in [0.15, 0.2) is 0 Å². The topological polar surface area (TPSA) is 38.7 Å². The van der Waals surface area contributed by atoms with E-state index in [4.69, 9.17) is 0 Å². The second kappa shape index (κ2) is 12.8. The van der Waals surface area contributed by atoms with E-state index in [1.807, 2.05) is 31.5 Å². The van der Waals surface area contributed by atoms with Gasteiger partial charge in [0.05, 0.1) is 0 Å². The number of hydrogen-bond acceptors (Lipinski definition) is 3. The summed E-state index contributed by atoms with van der Waals surface area (Å²) in [6.45, 7) is 12.9. The Morgan fingerprint density at radius 2 is 1.34 bits per heavy atom. The Bertz CT molecular complexity index is 1940. The van der Waals surface area contributed by atoms with E-state index in [1.54, 1.807) is 6.20 Å². The third-order valence-electron chi connectivity index (χ3n) is 8.55. The van der Waals surface area contributed by atoms with Gasteiger partial charge in [-0.25, -0.2) is 0 Å². The predicted molar refractivity (Wildman–Crippen MR) is 177 cm³/mol. The summed E-state index contributed by atoms with van der Waals surface area (Å²) in [5.41, 5.74) is 16.3. The quantitative estimate of drug-likeness (QED) is 0.169. The summed E-state index contributed by atoms with van der Waals surface area (Å²) in [7, 11) is 0. The fraction of sp³-hybridized carbons (Fsp3) is 0.175. The summed E-state index contributed by atoms with van der Waals surface area (Å²) in [5.74, 6) is 0. The van der Waals surface area contributed by atoms with Gasteiger partial charge >= 0.3 is 0 Å². The average Bonchev–Trinajstić information content (AvgIpc) is 3.26. The molecule has 0 N–H and O–H groups in total. The van der Waals surface area contributed by atoms with Crippen molar-refractivity contribution in [3.63, 3.8) is 0 Å². The molecule has 3 aromatic heterocycles. The number of pyridine rings is 3. The normalized spacial score (nSPS) is 12.3. The van der Waals surface area contributed by atoms with Crippen molar-refractivity contribution in [3.8, 4) is 44.8 Å². The third kappa shape index (κ3) is 5.93. The van der Waals surface area contributed by atoms with Gasteiger partial charge in [0.25, 0.3) is 0 Å². The standard InChI is InChI=1S/C20H17N2.C20H18N.Ir/c1-13-14(8-6-10-21-13)19-11-18-16(12-22-19)15-7-4-5-9-17(15)20(18,2)3;1-14-9-10-18(20-11-15(2)16(3)13-21-20)12-19(14)17-7-5-4-6-8-17;/h4-7,9-12H,1-3H3;4-9,11-13H,1-3H3;/q2*-1;. The summed E-state index contributed by atoms with van der Waals surface area (Å²) in [4.78, 5) is 13.6. The first-order valence-corrected chi connectivity index (χ1v) is 14.7. The third-order valence-corrected chi connectivity index (χ3v) is 8.55. The van der Waals surface area contributed by atoms with E-state index in [-0.39, 0.29) is 25.5 Å². The molecule has 221 valence electrons. The summed E-state index contributed by atoms with van der Waals surface area (Å²) in [6, 6.07) is 36.1. The van der Waals surface area contributed by atoms with Gasteiger partial charge in [-0.15, -0.1) is 47.0 Å². The van der Waals surface area contributed by atoms with E-state index < -0.39 is 0 Å². The van der Waals surface area contributed by atoms with E-state index in [1.165, 1.54) is 50.1 Å². The van der Waals surface area contributed by atoms with Crippen LogP contribution >= 0.6 is 0 Å². The van der Waals surface area contributed by atoms with Crippen molar-refractivity contribution in [2.45, 2.75) is 47.0 Å². The summed E-state index contributed by atoms with van der Waals surface area (Å²) in [6.07, 6.45) is 5.70. The second-order valence-corrected chi connectivity index (χ2v) is 11.8. The molecule has 3 aromatic carbocycles. The molecule has 6 aromatic rings. The first kappa shape index (κ1) is 31.2. The zero-order valence-corrected chi connectivity index (χ0v) is 28.4. The zero-order chi connectivity index (χ0) is 30.1. The Labute approximate surface area is 274 Å². The molecule has 44 heavy (non-hydrogen) atoms. The van der Waals surface area contributed by atoms with Crippen LogP contribution in [-0.2, 0) is 25.5 Å². The number of aryl methyl sites for hydroxylation is 4. The average molecular weight is 750 g/mol. The minimum Gasteiger partial charge on any atom is -0.357 e.